The van der Waals surface area contributed by atoms with E-state index in [1.807, 2.05) is 10.8 Å². The van der Waals surface area contributed by atoms with Crippen molar-refractivity contribution in [1.82, 2.24) is 24.8 Å². The number of aromatic nitrogens is 4. The van der Waals surface area contributed by atoms with Gasteiger partial charge in [0.25, 0.3) is 0 Å². The van der Waals surface area contributed by atoms with Crippen molar-refractivity contribution in [3.63, 3.8) is 0 Å². The molecule has 2 heterocycles. The van der Waals surface area contributed by atoms with Gasteiger partial charge >= 0.3 is 0 Å². The van der Waals surface area contributed by atoms with Crippen LogP contribution in [0.25, 0.3) is 11.6 Å². The first-order valence-corrected chi connectivity index (χ1v) is 9.79. The summed E-state index contributed by atoms with van der Waals surface area (Å²) in [6.45, 7) is 1.31. The molecule has 0 unspecified atom stereocenters. The molecular weight excluding hydrogens is 326 g/mol. The number of carbonyl (C=O) groups is 1. The third-order valence-corrected chi connectivity index (χ3v) is 6.64. The quantitative estimate of drug-likeness (QED) is 0.899. The molecule has 6 rings (SSSR count). The normalized spacial score (nSPS) is 31.9. The molecule has 4 bridgehead atoms. The lowest BCUT2D eigenvalue weighted by molar-refractivity contribution is -0.146. The Balaban J connectivity index is 1.23. The summed E-state index contributed by atoms with van der Waals surface area (Å²) in [4.78, 5) is 25.9. The Morgan fingerprint density at radius 1 is 1.04 bits per heavy atom. The second-order valence-electron chi connectivity index (χ2n) is 8.47. The summed E-state index contributed by atoms with van der Waals surface area (Å²) >= 11 is 0. The SMILES string of the molecule is O=C(NCCn1ccnc1-c1ncccn1)C12CC3CC(CC(C3)C1)C2. The fourth-order valence-corrected chi connectivity index (χ4v) is 5.98. The van der Waals surface area contributed by atoms with Crippen molar-refractivity contribution in [1.29, 1.82) is 0 Å². The van der Waals surface area contributed by atoms with Crippen molar-refractivity contribution in [2.75, 3.05) is 6.54 Å². The maximum atomic E-state index is 13.0. The van der Waals surface area contributed by atoms with E-state index in [9.17, 15) is 4.79 Å². The predicted octanol–water partition coefficient (Wildman–Crippen LogP) is 2.67. The first kappa shape index (κ1) is 16.0. The highest BCUT2D eigenvalue weighted by molar-refractivity contribution is 5.83. The number of nitrogens with zero attached hydrogens (tertiary/aromatic N) is 4. The topological polar surface area (TPSA) is 72.7 Å². The van der Waals surface area contributed by atoms with Gasteiger partial charge in [-0.3, -0.25) is 4.79 Å². The largest absolute Gasteiger partial charge is 0.354 e. The van der Waals surface area contributed by atoms with Crippen LogP contribution in [0.1, 0.15) is 38.5 Å². The van der Waals surface area contributed by atoms with E-state index >= 15 is 0 Å². The zero-order chi connectivity index (χ0) is 17.6. The van der Waals surface area contributed by atoms with Gasteiger partial charge in [0.2, 0.25) is 5.91 Å². The first-order chi connectivity index (χ1) is 12.7. The molecule has 4 fully saturated rings. The van der Waals surface area contributed by atoms with Gasteiger partial charge in [-0.2, -0.15) is 0 Å². The van der Waals surface area contributed by atoms with Gasteiger partial charge < -0.3 is 9.88 Å². The summed E-state index contributed by atoms with van der Waals surface area (Å²) in [5, 5.41) is 3.23. The van der Waals surface area contributed by atoms with Gasteiger partial charge in [0.15, 0.2) is 11.6 Å². The highest BCUT2D eigenvalue weighted by Gasteiger charge is 2.54. The standard InChI is InChI=1S/C20H25N5O/c26-19(20-11-14-8-15(12-20)10-16(9-14)13-20)24-5-7-25-6-4-23-18(25)17-21-2-1-3-22-17/h1-4,6,14-16H,5,7-13H2,(H,24,26). The highest BCUT2D eigenvalue weighted by atomic mass is 16.2. The van der Waals surface area contributed by atoms with Crippen LogP contribution in [0, 0.1) is 23.2 Å². The molecule has 2 aromatic heterocycles. The monoisotopic (exact) mass is 351 g/mol. The van der Waals surface area contributed by atoms with E-state index < -0.39 is 0 Å². The molecule has 6 heteroatoms. The van der Waals surface area contributed by atoms with Crippen molar-refractivity contribution in [2.45, 2.75) is 45.1 Å². The van der Waals surface area contributed by atoms with Crippen molar-refractivity contribution < 1.29 is 4.79 Å². The Labute approximate surface area is 153 Å². The lowest BCUT2D eigenvalue weighted by Gasteiger charge is -2.55. The average Bonchev–Trinajstić information content (AvgIpc) is 3.10. The van der Waals surface area contributed by atoms with Gasteiger partial charge in [0, 0.05) is 43.3 Å². The molecule has 4 aliphatic rings. The van der Waals surface area contributed by atoms with Crippen LogP contribution < -0.4 is 5.32 Å². The molecule has 2 aromatic rings. The Morgan fingerprint density at radius 3 is 2.35 bits per heavy atom. The van der Waals surface area contributed by atoms with Gasteiger partial charge in [0.1, 0.15) is 0 Å². The zero-order valence-electron chi connectivity index (χ0n) is 15.0. The van der Waals surface area contributed by atoms with Crippen LogP contribution in [0.4, 0.5) is 0 Å². The molecule has 0 radical (unpaired) electrons. The number of hydrogen-bond donors (Lipinski definition) is 1. The van der Waals surface area contributed by atoms with E-state index in [4.69, 9.17) is 0 Å². The molecule has 0 aromatic carbocycles. The number of amides is 1. The number of carbonyl (C=O) groups excluding carboxylic acids is 1. The maximum absolute atomic E-state index is 13.0. The van der Waals surface area contributed by atoms with Crippen LogP contribution in [-0.4, -0.2) is 32.0 Å². The van der Waals surface area contributed by atoms with Gasteiger partial charge in [-0.05, 0) is 62.3 Å². The lowest BCUT2D eigenvalue weighted by atomic mass is 9.49. The van der Waals surface area contributed by atoms with Gasteiger partial charge in [-0.1, -0.05) is 0 Å². The van der Waals surface area contributed by atoms with Gasteiger partial charge in [-0.15, -0.1) is 0 Å². The van der Waals surface area contributed by atoms with E-state index in [2.05, 4.69) is 20.3 Å². The molecule has 1 N–H and O–H groups in total. The van der Waals surface area contributed by atoms with Crippen LogP contribution in [0.3, 0.4) is 0 Å². The van der Waals surface area contributed by atoms with Crippen LogP contribution >= 0.6 is 0 Å². The van der Waals surface area contributed by atoms with E-state index in [-0.39, 0.29) is 11.3 Å². The van der Waals surface area contributed by atoms with Crippen LogP contribution in [-0.2, 0) is 11.3 Å². The molecule has 4 aliphatic carbocycles. The van der Waals surface area contributed by atoms with E-state index in [1.165, 1.54) is 19.3 Å². The van der Waals surface area contributed by atoms with E-state index in [1.54, 1.807) is 24.7 Å². The van der Waals surface area contributed by atoms with Crippen molar-refractivity contribution in [3.8, 4) is 11.6 Å². The average molecular weight is 351 g/mol. The summed E-state index contributed by atoms with van der Waals surface area (Å²) in [6.07, 6.45) is 14.5. The van der Waals surface area contributed by atoms with Crippen molar-refractivity contribution >= 4 is 5.91 Å². The predicted molar refractivity (Wildman–Crippen MR) is 96.9 cm³/mol. The van der Waals surface area contributed by atoms with Crippen LogP contribution in [0.15, 0.2) is 30.9 Å². The summed E-state index contributed by atoms with van der Waals surface area (Å²) in [6, 6.07) is 1.79. The van der Waals surface area contributed by atoms with E-state index in [0.29, 0.717) is 18.9 Å². The zero-order valence-corrected chi connectivity index (χ0v) is 15.0. The second kappa shape index (κ2) is 6.18. The number of rotatable bonds is 5. The Hall–Kier alpha value is -2.24. The minimum absolute atomic E-state index is 0.0743. The highest BCUT2D eigenvalue weighted by Crippen LogP contribution is 2.60. The molecule has 4 saturated carbocycles. The summed E-state index contributed by atoms with van der Waals surface area (Å²) < 4.78 is 2.01. The van der Waals surface area contributed by atoms with Crippen molar-refractivity contribution in [3.05, 3.63) is 30.9 Å². The summed E-state index contributed by atoms with van der Waals surface area (Å²) in [7, 11) is 0. The van der Waals surface area contributed by atoms with Crippen LogP contribution in [0.5, 0.6) is 0 Å². The smallest absolute Gasteiger partial charge is 0.226 e. The van der Waals surface area contributed by atoms with E-state index in [0.717, 1.165) is 42.8 Å². The summed E-state index contributed by atoms with van der Waals surface area (Å²) in [5.41, 5.74) is -0.0743. The summed E-state index contributed by atoms with van der Waals surface area (Å²) in [5.74, 6) is 4.03. The molecule has 0 aliphatic heterocycles. The molecular formula is C20H25N5O. The molecule has 26 heavy (non-hydrogen) atoms. The lowest BCUT2D eigenvalue weighted by Crippen LogP contribution is -2.53. The second-order valence-corrected chi connectivity index (χ2v) is 8.47. The number of hydrogen-bond acceptors (Lipinski definition) is 4. The number of nitrogens with one attached hydrogen (secondary N) is 1. The van der Waals surface area contributed by atoms with Crippen molar-refractivity contribution in [2.24, 2.45) is 23.2 Å². The molecule has 6 nitrogen and oxygen atoms in total. The third kappa shape index (κ3) is 2.72. The fourth-order valence-electron chi connectivity index (χ4n) is 5.98. The third-order valence-electron chi connectivity index (χ3n) is 6.64. The Bertz CT molecular complexity index is 764. The Morgan fingerprint density at radius 2 is 1.69 bits per heavy atom. The molecule has 0 atom stereocenters. The Kier molecular flexibility index (Phi) is 3.80. The maximum Gasteiger partial charge on any atom is 0.226 e. The van der Waals surface area contributed by atoms with Crippen LogP contribution in [0.2, 0.25) is 0 Å². The number of imidazole rings is 1. The van der Waals surface area contributed by atoms with Gasteiger partial charge in [0.05, 0.1) is 0 Å². The minimum atomic E-state index is -0.0743. The molecule has 1 amide bonds. The van der Waals surface area contributed by atoms with Gasteiger partial charge in [-0.25, -0.2) is 15.0 Å². The molecule has 136 valence electrons. The minimum Gasteiger partial charge on any atom is -0.354 e. The molecule has 0 saturated heterocycles. The molecule has 0 spiro atoms. The fraction of sp³-hybridized carbons (Fsp3) is 0.600. The first-order valence-electron chi connectivity index (χ1n) is 9.79.